The molecule has 49 heavy (non-hydrogen) atoms. The standard InChI is InChI=1S/C35H43F3N6O4S/c1-33(2,35(36,37)38)24-48-30-19-22-44(41-30)27-17-18-28-39-32(27)26-14-9-8-13-25(26)12-7-5-6-10-21-43(23-20-34(3,4)45)29-15-11-16-31(40-29)49(46,47)42-28/h8-9,11,13-19,22,45H,5-7,10,12,20-21,23-24H2,1-4H3,(H,39,42). The van der Waals surface area contributed by atoms with Crippen molar-refractivity contribution in [2.45, 2.75) is 83.0 Å². The molecule has 1 aliphatic rings. The zero-order valence-corrected chi connectivity index (χ0v) is 29.0. The Hall–Kier alpha value is -4.17. The van der Waals surface area contributed by atoms with Crippen LogP contribution < -0.4 is 14.4 Å². The maximum atomic E-state index is 13.7. The van der Waals surface area contributed by atoms with Crippen molar-refractivity contribution in [1.29, 1.82) is 0 Å². The highest BCUT2D eigenvalue weighted by molar-refractivity contribution is 7.92. The van der Waals surface area contributed by atoms with E-state index >= 15 is 0 Å². The van der Waals surface area contributed by atoms with Crippen molar-refractivity contribution in [3.8, 4) is 22.8 Å². The zero-order valence-electron chi connectivity index (χ0n) is 28.2. The summed E-state index contributed by atoms with van der Waals surface area (Å²) in [7, 11) is -4.18. The molecule has 2 N–H and O–H groups in total. The van der Waals surface area contributed by atoms with Gasteiger partial charge in [0.2, 0.25) is 5.88 Å². The van der Waals surface area contributed by atoms with Gasteiger partial charge in [-0.1, -0.05) is 43.2 Å². The van der Waals surface area contributed by atoms with Crippen LogP contribution in [0.25, 0.3) is 16.9 Å². The van der Waals surface area contributed by atoms with Crippen LogP contribution in [0.1, 0.15) is 65.4 Å². The number of hydrogen-bond acceptors (Lipinski definition) is 8. The Morgan fingerprint density at radius 1 is 0.918 bits per heavy atom. The van der Waals surface area contributed by atoms with E-state index in [0.29, 0.717) is 36.7 Å². The Balaban J connectivity index is 1.53. The molecular weight excluding hydrogens is 657 g/mol. The predicted molar refractivity (Wildman–Crippen MR) is 182 cm³/mol. The average Bonchev–Trinajstić information content (AvgIpc) is 3.51. The molecule has 4 bridgehead atoms. The number of aromatic nitrogens is 4. The number of rotatable bonds is 7. The third-order valence-corrected chi connectivity index (χ3v) is 9.73. The smallest absolute Gasteiger partial charge is 0.397 e. The minimum Gasteiger partial charge on any atom is -0.476 e. The molecule has 264 valence electrons. The van der Waals surface area contributed by atoms with E-state index in [1.54, 1.807) is 38.2 Å². The number of sulfonamides is 1. The molecule has 0 saturated carbocycles. The van der Waals surface area contributed by atoms with E-state index in [-0.39, 0.29) is 16.7 Å². The second-order valence-corrected chi connectivity index (χ2v) is 15.3. The number of nitrogens with one attached hydrogen (secondary N) is 1. The number of anilines is 2. The summed E-state index contributed by atoms with van der Waals surface area (Å²) >= 11 is 0. The van der Waals surface area contributed by atoms with E-state index in [1.807, 2.05) is 29.2 Å². The number of ether oxygens (including phenoxy) is 1. The lowest BCUT2D eigenvalue weighted by Crippen LogP contribution is -2.37. The molecule has 4 aromatic rings. The number of nitrogens with zero attached hydrogens (tertiary/aromatic N) is 5. The molecule has 0 aliphatic carbocycles. The predicted octanol–water partition coefficient (Wildman–Crippen LogP) is 7.18. The first kappa shape index (κ1) is 36.1. The van der Waals surface area contributed by atoms with Crippen molar-refractivity contribution in [1.82, 2.24) is 19.7 Å². The van der Waals surface area contributed by atoms with Crippen molar-refractivity contribution in [2.24, 2.45) is 5.41 Å². The van der Waals surface area contributed by atoms with Crippen molar-refractivity contribution in [2.75, 3.05) is 29.3 Å². The fourth-order valence-corrected chi connectivity index (χ4v) is 6.32. The maximum absolute atomic E-state index is 13.7. The van der Waals surface area contributed by atoms with Crippen molar-refractivity contribution in [3.05, 3.63) is 72.4 Å². The minimum atomic E-state index is -4.45. The van der Waals surface area contributed by atoms with Gasteiger partial charge in [-0.15, -0.1) is 5.10 Å². The van der Waals surface area contributed by atoms with Gasteiger partial charge in [0.05, 0.1) is 22.4 Å². The maximum Gasteiger partial charge on any atom is 0.397 e. The van der Waals surface area contributed by atoms with Crippen molar-refractivity contribution >= 4 is 21.7 Å². The number of aliphatic hydroxyl groups is 1. The fourth-order valence-electron chi connectivity index (χ4n) is 5.36. The fraction of sp³-hybridized carbons (Fsp3) is 0.457. The number of aryl methyl sites for hydroxylation is 1. The van der Waals surface area contributed by atoms with E-state index < -0.39 is 33.8 Å². The molecule has 0 spiro atoms. The summed E-state index contributed by atoms with van der Waals surface area (Å²) in [6, 6.07) is 17.2. The zero-order chi connectivity index (χ0) is 35.5. The van der Waals surface area contributed by atoms with Crippen LogP contribution in [0, 0.1) is 5.41 Å². The third kappa shape index (κ3) is 9.09. The van der Waals surface area contributed by atoms with Gasteiger partial charge in [-0.3, -0.25) is 4.72 Å². The topological polar surface area (TPSA) is 122 Å². The van der Waals surface area contributed by atoms with Gasteiger partial charge in [-0.05, 0) is 83.2 Å². The van der Waals surface area contributed by atoms with Crippen LogP contribution in [0.5, 0.6) is 5.88 Å². The molecule has 1 aromatic carbocycles. The summed E-state index contributed by atoms with van der Waals surface area (Å²) in [6.07, 6.45) is 2.02. The van der Waals surface area contributed by atoms with Gasteiger partial charge in [-0.2, -0.15) is 21.6 Å². The summed E-state index contributed by atoms with van der Waals surface area (Å²) in [6.45, 7) is 6.16. The number of alkyl halides is 3. The van der Waals surface area contributed by atoms with Gasteiger partial charge >= 0.3 is 6.18 Å². The highest BCUT2D eigenvalue weighted by Crippen LogP contribution is 2.38. The van der Waals surface area contributed by atoms with Crippen LogP contribution in [0.15, 0.2) is 71.9 Å². The lowest BCUT2D eigenvalue weighted by Gasteiger charge is -2.27. The summed E-state index contributed by atoms with van der Waals surface area (Å²) in [5, 5.41) is 14.6. The first-order valence-electron chi connectivity index (χ1n) is 16.3. The van der Waals surface area contributed by atoms with Crippen LogP contribution in [0.2, 0.25) is 0 Å². The number of halogens is 3. The summed E-state index contributed by atoms with van der Waals surface area (Å²) in [5.74, 6) is 0.567. The molecule has 5 rings (SSSR count). The first-order valence-corrected chi connectivity index (χ1v) is 17.8. The Labute approximate surface area is 285 Å². The molecular formula is C35H43F3N6O4S. The van der Waals surface area contributed by atoms with Crippen molar-refractivity contribution in [3.63, 3.8) is 0 Å². The largest absolute Gasteiger partial charge is 0.476 e. The van der Waals surface area contributed by atoms with E-state index in [2.05, 4.69) is 14.8 Å². The molecule has 14 heteroatoms. The second kappa shape index (κ2) is 14.4. The lowest BCUT2D eigenvalue weighted by molar-refractivity contribution is -0.219. The number of hydrogen-bond donors (Lipinski definition) is 2. The minimum absolute atomic E-state index is 0.00872. The van der Waals surface area contributed by atoms with Crippen molar-refractivity contribution < 1.29 is 31.4 Å². The van der Waals surface area contributed by atoms with Gasteiger partial charge < -0.3 is 14.7 Å². The van der Waals surface area contributed by atoms with Gasteiger partial charge in [0.25, 0.3) is 10.0 Å². The molecule has 0 saturated heterocycles. The van der Waals surface area contributed by atoms with Gasteiger partial charge in [0.1, 0.15) is 18.2 Å². The Morgan fingerprint density at radius 3 is 2.43 bits per heavy atom. The van der Waals surface area contributed by atoms with Gasteiger partial charge in [-0.25, -0.2) is 14.6 Å². The number of fused-ring (bicyclic) bond motifs is 6. The van der Waals surface area contributed by atoms with Crippen LogP contribution in [-0.2, 0) is 16.4 Å². The van der Waals surface area contributed by atoms with E-state index in [1.165, 1.54) is 22.9 Å². The Kier molecular flexibility index (Phi) is 10.6. The van der Waals surface area contributed by atoms with E-state index in [0.717, 1.165) is 57.1 Å². The monoisotopic (exact) mass is 700 g/mol. The van der Waals surface area contributed by atoms with Crippen LogP contribution in [0.3, 0.4) is 0 Å². The first-order chi connectivity index (χ1) is 23.0. The quantitative estimate of drug-likeness (QED) is 0.208. The average molecular weight is 701 g/mol. The highest BCUT2D eigenvalue weighted by Gasteiger charge is 2.48. The highest BCUT2D eigenvalue weighted by atomic mass is 32.2. The molecule has 0 fully saturated rings. The number of pyridine rings is 2. The Bertz CT molecular complexity index is 1850. The summed E-state index contributed by atoms with van der Waals surface area (Å²) in [5.41, 5.74) is -0.265. The molecule has 3 aromatic heterocycles. The molecule has 0 atom stereocenters. The van der Waals surface area contributed by atoms with E-state index in [4.69, 9.17) is 9.72 Å². The number of benzene rings is 1. The molecule has 1 aliphatic heterocycles. The van der Waals surface area contributed by atoms with Gasteiger partial charge in [0.15, 0.2) is 5.03 Å². The molecule has 0 unspecified atom stereocenters. The SMILES string of the molecule is CC(C)(O)CCN1CCCCCCc2ccccc2-c2nc(ccc2-n2ccc(OCC(C)(C)C(F)(F)F)n2)NS(=O)(=O)c2cccc1n2. The normalized spacial score (nSPS) is 16.0. The summed E-state index contributed by atoms with van der Waals surface area (Å²) < 4.78 is 77.1. The van der Waals surface area contributed by atoms with E-state index in [9.17, 15) is 26.7 Å². The lowest BCUT2D eigenvalue weighted by atomic mass is 9.94. The molecule has 0 radical (unpaired) electrons. The Morgan fingerprint density at radius 2 is 1.67 bits per heavy atom. The second-order valence-electron chi connectivity index (χ2n) is 13.6. The summed E-state index contributed by atoms with van der Waals surface area (Å²) in [4.78, 5) is 11.3. The van der Waals surface area contributed by atoms with Crippen LogP contribution in [-0.4, -0.2) is 64.7 Å². The molecule has 4 heterocycles. The third-order valence-electron chi connectivity index (χ3n) is 8.47. The molecule has 0 amide bonds. The van der Waals surface area contributed by atoms with Crippen LogP contribution in [0.4, 0.5) is 24.8 Å². The van der Waals surface area contributed by atoms with Crippen LogP contribution >= 0.6 is 0 Å². The van der Waals surface area contributed by atoms with Gasteiger partial charge in [0, 0.05) is 30.9 Å². The molecule has 10 nitrogen and oxygen atoms in total.